The first-order valence-corrected chi connectivity index (χ1v) is 6.93. The second kappa shape index (κ2) is 5.42. The lowest BCUT2D eigenvalue weighted by molar-refractivity contribution is -0.0890. The normalized spacial score (nSPS) is 30.6. The average Bonchev–Trinajstić information content (AvgIpc) is 2.25. The van der Waals surface area contributed by atoms with Crippen LogP contribution in [-0.2, 0) is 9.47 Å². The zero-order valence-corrected chi connectivity index (χ0v) is 12.0. The number of terminal acetylenes is 1. The van der Waals surface area contributed by atoms with Gasteiger partial charge in [-0.25, -0.2) is 4.79 Å². The average molecular weight is 265 g/mol. The van der Waals surface area contributed by atoms with Crippen molar-refractivity contribution in [3.8, 4) is 12.3 Å². The van der Waals surface area contributed by atoms with Crippen LogP contribution in [0.3, 0.4) is 0 Å². The van der Waals surface area contributed by atoms with Gasteiger partial charge in [0, 0.05) is 6.42 Å². The molecule has 2 fully saturated rings. The minimum absolute atomic E-state index is 0.112. The van der Waals surface area contributed by atoms with Gasteiger partial charge >= 0.3 is 6.09 Å². The summed E-state index contributed by atoms with van der Waals surface area (Å²) >= 11 is 0. The molecule has 0 aliphatic carbocycles. The van der Waals surface area contributed by atoms with E-state index in [2.05, 4.69) is 5.92 Å². The first kappa shape index (κ1) is 14.2. The van der Waals surface area contributed by atoms with E-state index in [1.54, 1.807) is 0 Å². The van der Waals surface area contributed by atoms with Crippen molar-refractivity contribution in [1.82, 2.24) is 4.90 Å². The lowest BCUT2D eigenvalue weighted by Crippen LogP contribution is -2.59. The van der Waals surface area contributed by atoms with E-state index in [9.17, 15) is 4.79 Å². The predicted octanol–water partition coefficient (Wildman–Crippen LogP) is 2.42. The van der Waals surface area contributed by atoms with E-state index in [0.29, 0.717) is 19.1 Å². The van der Waals surface area contributed by atoms with Crippen LogP contribution in [0.1, 0.15) is 40.0 Å². The molecular formula is C15H23NO3. The molecule has 2 aliphatic heterocycles. The summed E-state index contributed by atoms with van der Waals surface area (Å²) in [6, 6.07) is 0.224. The summed E-state index contributed by atoms with van der Waals surface area (Å²) in [6.45, 7) is 6.86. The van der Waals surface area contributed by atoms with Gasteiger partial charge < -0.3 is 9.47 Å². The summed E-state index contributed by atoms with van der Waals surface area (Å²) in [6.07, 6.45) is 7.80. The molecule has 0 aromatic carbocycles. The Balaban J connectivity index is 2.06. The largest absolute Gasteiger partial charge is 0.444 e. The molecule has 1 amide bonds. The van der Waals surface area contributed by atoms with Crippen LogP contribution in [0.4, 0.5) is 4.79 Å². The molecule has 2 atom stereocenters. The second-order valence-electron chi connectivity index (χ2n) is 6.48. The highest BCUT2D eigenvalue weighted by atomic mass is 16.6. The highest BCUT2D eigenvalue weighted by Crippen LogP contribution is 2.34. The molecule has 4 nitrogen and oxygen atoms in total. The van der Waals surface area contributed by atoms with Gasteiger partial charge in [-0.15, -0.1) is 12.3 Å². The smallest absolute Gasteiger partial charge is 0.410 e. The van der Waals surface area contributed by atoms with Gasteiger partial charge in [0.15, 0.2) is 0 Å². The van der Waals surface area contributed by atoms with Crippen LogP contribution in [0.15, 0.2) is 0 Å². The van der Waals surface area contributed by atoms with Crippen molar-refractivity contribution in [2.24, 2.45) is 5.92 Å². The monoisotopic (exact) mass is 265 g/mol. The summed E-state index contributed by atoms with van der Waals surface area (Å²) in [5.74, 6) is 3.24. The van der Waals surface area contributed by atoms with Gasteiger partial charge in [0.1, 0.15) is 5.60 Å². The molecule has 0 radical (unpaired) electrons. The molecule has 2 aliphatic rings. The highest BCUT2D eigenvalue weighted by Gasteiger charge is 2.42. The summed E-state index contributed by atoms with van der Waals surface area (Å²) in [7, 11) is 0. The van der Waals surface area contributed by atoms with Gasteiger partial charge in [-0.3, -0.25) is 4.90 Å². The minimum atomic E-state index is -0.456. The van der Waals surface area contributed by atoms with Crippen molar-refractivity contribution in [3.05, 3.63) is 0 Å². The van der Waals surface area contributed by atoms with E-state index >= 15 is 0 Å². The number of hydrogen-bond acceptors (Lipinski definition) is 3. The SMILES string of the molecule is C#CCC1CC2COCC(C1)N2C(=O)OC(C)(C)C. The summed E-state index contributed by atoms with van der Waals surface area (Å²) in [5, 5.41) is 0. The van der Waals surface area contributed by atoms with Crippen molar-refractivity contribution in [2.45, 2.75) is 57.7 Å². The maximum absolute atomic E-state index is 12.3. The Morgan fingerprint density at radius 3 is 2.42 bits per heavy atom. The lowest BCUT2D eigenvalue weighted by Gasteiger charge is -2.48. The third-order valence-electron chi connectivity index (χ3n) is 3.63. The molecule has 2 unspecified atom stereocenters. The molecule has 2 rings (SSSR count). The third-order valence-corrected chi connectivity index (χ3v) is 3.63. The molecule has 0 aromatic heterocycles. The van der Waals surface area contributed by atoms with E-state index in [1.165, 1.54) is 0 Å². The number of carbonyl (C=O) groups is 1. The number of rotatable bonds is 1. The van der Waals surface area contributed by atoms with Crippen LogP contribution < -0.4 is 0 Å². The first-order valence-electron chi connectivity index (χ1n) is 6.93. The third kappa shape index (κ3) is 3.42. The van der Waals surface area contributed by atoms with Gasteiger partial charge in [-0.1, -0.05) is 0 Å². The van der Waals surface area contributed by atoms with Gasteiger partial charge in [0.05, 0.1) is 25.3 Å². The maximum atomic E-state index is 12.3. The van der Waals surface area contributed by atoms with Crippen molar-refractivity contribution >= 4 is 6.09 Å². The molecular weight excluding hydrogens is 242 g/mol. The quantitative estimate of drug-likeness (QED) is 0.683. The van der Waals surface area contributed by atoms with Crippen LogP contribution in [0.25, 0.3) is 0 Å². The Labute approximate surface area is 115 Å². The Morgan fingerprint density at radius 1 is 1.37 bits per heavy atom. The molecule has 106 valence electrons. The number of nitrogens with zero attached hydrogens (tertiary/aromatic N) is 1. The molecule has 0 aromatic rings. The van der Waals surface area contributed by atoms with E-state index in [-0.39, 0.29) is 18.2 Å². The summed E-state index contributed by atoms with van der Waals surface area (Å²) < 4.78 is 11.1. The first-order chi connectivity index (χ1) is 8.90. The number of piperidine rings is 1. The zero-order chi connectivity index (χ0) is 14.0. The Bertz CT molecular complexity index is 366. The second-order valence-corrected chi connectivity index (χ2v) is 6.48. The Morgan fingerprint density at radius 2 is 1.95 bits per heavy atom. The van der Waals surface area contributed by atoms with Crippen molar-refractivity contribution in [2.75, 3.05) is 13.2 Å². The number of morpholine rings is 1. The maximum Gasteiger partial charge on any atom is 0.410 e. The number of carbonyl (C=O) groups excluding carboxylic acids is 1. The Kier molecular flexibility index (Phi) is 4.05. The minimum Gasteiger partial charge on any atom is -0.444 e. The molecule has 4 heteroatoms. The van der Waals surface area contributed by atoms with Crippen molar-refractivity contribution in [1.29, 1.82) is 0 Å². The fourth-order valence-electron chi connectivity index (χ4n) is 2.97. The number of amides is 1. The number of hydrogen-bond donors (Lipinski definition) is 0. The molecule has 2 heterocycles. The van der Waals surface area contributed by atoms with Crippen molar-refractivity contribution < 1.29 is 14.3 Å². The van der Waals surface area contributed by atoms with Crippen molar-refractivity contribution in [3.63, 3.8) is 0 Å². The number of fused-ring (bicyclic) bond motifs is 2. The number of ether oxygens (including phenoxy) is 2. The van der Waals surface area contributed by atoms with Gasteiger partial charge in [-0.2, -0.15) is 0 Å². The topological polar surface area (TPSA) is 38.8 Å². The summed E-state index contributed by atoms with van der Waals surface area (Å²) in [5.41, 5.74) is -0.456. The standard InChI is InChI=1S/C15H23NO3/c1-5-6-11-7-12-9-18-10-13(8-11)16(12)14(17)19-15(2,3)4/h1,11-13H,6-10H2,2-4H3. The van der Waals surface area contributed by atoms with Crippen LogP contribution in [-0.4, -0.2) is 41.9 Å². The molecule has 0 saturated carbocycles. The highest BCUT2D eigenvalue weighted by molar-refractivity contribution is 5.69. The molecule has 19 heavy (non-hydrogen) atoms. The summed E-state index contributed by atoms with van der Waals surface area (Å²) in [4.78, 5) is 14.2. The molecule has 2 saturated heterocycles. The van der Waals surface area contributed by atoms with E-state index in [0.717, 1.165) is 19.3 Å². The van der Waals surface area contributed by atoms with Crippen LogP contribution >= 0.6 is 0 Å². The fourth-order valence-corrected chi connectivity index (χ4v) is 2.97. The van der Waals surface area contributed by atoms with E-state index in [4.69, 9.17) is 15.9 Å². The Hall–Kier alpha value is -1.21. The van der Waals surface area contributed by atoms with Crippen LogP contribution in [0.2, 0.25) is 0 Å². The fraction of sp³-hybridized carbons (Fsp3) is 0.800. The molecule has 2 bridgehead atoms. The van der Waals surface area contributed by atoms with Crippen LogP contribution in [0, 0.1) is 18.3 Å². The van der Waals surface area contributed by atoms with E-state index < -0.39 is 5.60 Å². The van der Waals surface area contributed by atoms with E-state index in [1.807, 2.05) is 25.7 Å². The molecule has 0 spiro atoms. The van der Waals surface area contributed by atoms with Gasteiger partial charge in [-0.05, 0) is 39.5 Å². The lowest BCUT2D eigenvalue weighted by atomic mass is 9.83. The molecule has 0 N–H and O–H groups in total. The zero-order valence-electron chi connectivity index (χ0n) is 12.0. The van der Waals surface area contributed by atoms with Gasteiger partial charge in [0.25, 0.3) is 0 Å². The van der Waals surface area contributed by atoms with Crippen LogP contribution in [0.5, 0.6) is 0 Å². The predicted molar refractivity (Wildman–Crippen MR) is 72.6 cm³/mol. The van der Waals surface area contributed by atoms with Gasteiger partial charge in [0.2, 0.25) is 0 Å².